The number of hydrogen-bond donors (Lipinski definition) is 0. The van der Waals surface area contributed by atoms with Crippen molar-refractivity contribution >= 4 is 17.1 Å². The molecule has 1 fully saturated rings. The SMILES string of the molecule is CC(C)CC(C=O)(CCN1CCOCC1)c1cccc2ccccc12. The molecule has 2 aromatic rings. The van der Waals surface area contributed by atoms with Crippen molar-refractivity contribution < 1.29 is 9.53 Å². The summed E-state index contributed by atoms with van der Waals surface area (Å²) >= 11 is 0. The Labute approximate surface area is 151 Å². The summed E-state index contributed by atoms with van der Waals surface area (Å²) in [6.45, 7) is 8.88. The molecular weight excluding hydrogens is 310 g/mol. The van der Waals surface area contributed by atoms with Gasteiger partial charge in [0, 0.05) is 13.1 Å². The number of morpholine rings is 1. The summed E-state index contributed by atoms with van der Waals surface area (Å²) in [7, 11) is 0. The van der Waals surface area contributed by atoms with Crippen molar-refractivity contribution in [3.05, 3.63) is 48.0 Å². The summed E-state index contributed by atoms with van der Waals surface area (Å²) in [6, 6.07) is 14.8. The molecule has 1 aliphatic heterocycles. The van der Waals surface area contributed by atoms with Crippen molar-refractivity contribution in [2.45, 2.75) is 32.1 Å². The molecule has 134 valence electrons. The number of ether oxygens (including phenoxy) is 1. The van der Waals surface area contributed by atoms with Crippen LogP contribution in [0.15, 0.2) is 42.5 Å². The van der Waals surface area contributed by atoms with E-state index in [9.17, 15) is 4.79 Å². The Balaban J connectivity index is 1.95. The zero-order valence-electron chi connectivity index (χ0n) is 15.4. The molecule has 1 atom stereocenters. The summed E-state index contributed by atoms with van der Waals surface area (Å²) in [4.78, 5) is 14.9. The van der Waals surface area contributed by atoms with Gasteiger partial charge >= 0.3 is 0 Å². The maximum absolute atomic E-state index is 12.4. The Morgan fingerprint density at radius 2 is 1.84 bits per heavy atom. The van der Waals surface area contributed by atoms with Crippen LogP contribution in [0.25, 0.3) is 10.8 Å². The van der Waals surface area contributed by atoms with E-state index in [1.807, 2.05) is 0 Å². The minimum atomic E-state index is -0.423. The first-order valence-corrected chi connectivity index (χ1v) is 9.39. The van der Waals surface area contributed by atoms with E-state index in [1.165, 1.54) is 22.6 Å². The highest BCUT2D eigenvalue weighted by atomic mass is 16.5. The highest BCUT2D eigenvalue weighted by Crippen LogP contribution is 2.37. The number of aldehydes is 1. The quantitative estimate of drug-likeness (QED) is 0.713. The first-order valence-electron chi connectivity index (χ1n) is 9.39. The predicted octanol–water partition coefficient (Wildman–Crippen LogP) is 4.04. The van der Waals surface area contributed by atoms with Crippen molar-refractivity contribution in [2.75, 3.05) is 32.8 Å². The van der Waals surface area contributed by atoms with Gasteiger partial charge in [-0.2, -0.15) is 0 Å². The van der Waals surface area contributed by atoms with Crippen LogP contribution in [0.3, 0.4) is 0 Å². The van der Waals surface area contributed by atoms with Crippen LogP contribution in [0, 0.1) is 5.92 Å². The minimum Gasteiger partial charge on any atom is -0.379 e. The minimum absolute atomic E-state index is 0.423. The van der Waals surface area contributed by atoms with Gasteiger partial charge in [-0.1, -0.05) is 56.3 Å². The Hall–Kier alpha value is -1.71. The third-order valence-electron chi connectivity index (χ3n) is 5.30. The number of fused-ring (bicyclic) bond motifs is 1. The molecule has 3 rings (SSSR count). The average Bonchev–Trinajstić information content (AvgIpc) is 2.65. The van der Waals surface area contributed by atoms with Gasteiger partial charge in [-0.05, 0) is 41.6 Å². The van der Waals surface area contributed by atoms with Gasteiger partial charge < -0.3 is 9.53 Å². The van der Waals surface area contributed by atoms with Crippen molar-refractivity contribution in [1.82, 2.24) is 4.90 Å². The Morgan fingerprint density at radius 1 is 1.12 bits per heavy atom. The van der Waals surface area contributed by atoms with Crippen LogP contribution in [0.5, 0.6) is 0 Å². The number of carbonyl (C=O) groups is 1. The van der Waals surface area contributed by atoms with E-state index < -0.39 is 5.41 Å². The summed E-state index contributed by atoms with van der Waals surface area (Å²) in [5.41, 5.74) is 0.760. The zero-order valence-corrected chi connectivity index (χ0v) is 15.4. The summed E-state index contributed by atoms with van der Waals surface area (Å²) in [5, 5.41) is 2.42. The first kappa shape index (κ1) is 18.1. The van der Waals surface area contributed by atoms with Gasteiger partial charge in [0.15, 0.2) is 0 Å². The standard InChI is InChI=1S/C22H29NO2/c1-18(2)16-22(17-24,10-11-23-12-14-25-15-13-23)21-9-5-7-19-6-3-4-8-20(19)21/h3-9,17-18H,10-16H2,1-2H3. The molecule has 0 spiro atoms. The molecule has 1 aliphatic rings. The maximum Gasteiger partial charge on any atom is 0.130 e. The van der Waals surface area contributed by atoms with Gasteiger partial charge in [-0.15, -0.1) is 0 Å². The lowest BCUT2D eigenvalue weighted by atomic mass is 9.71. The van der Waals surface area contributed by atoms with E-state index in [-0.39, 0.29) is 0 Å². The number of carbonyl (C=O) groups excluding carboxylic acids is 1. The maximum atomic E-state index is 12.4. The summed E-state index contributed by atoms with van der Waals surface area (Å²) < 4.78 is 5.45. The normalized spacial score (nSPS) is 18.4. The predicted molar refractivity (Wildman–Crippen MR) is 103 cm³/mol. The third-order valence-corrected chi connectivity index (χ3v) is 5.30. The molecule has 0 aliphatic carbocycles. The monoisotopic (exact) mass is 339 g/mol. The van der Waals surface area contributed by atoms with Crippen LogP contribution < -0.4 is 0 Å². The average molecular weight is 339 g/mol. The van der Waals surface area contributed by atoms with E-state index >= 15 is 0 Å². The summed E-state index contributed by atoms with van der Waals surface area (Å²) in [5.74, 6) is 0.467. The lowest BCUT2D eigenvalue weighted by Gasteiger charge is -2.35. The molecule has 25 heavy (non-hydrogen) atoms. The van der Waals surface area contributed by atoms with Crippen molar-refractivity contribution in [3.63, 3.8) is 0 Å². The molecule has 1 heterocycles. The fourth-order valence-electron chi connectivity index (χ4n) is 4.09. The highest BCUT2D eigenvalue weighted by Gasteiger charge is 2.34. The van der Waals surface area contributed by atoms with E-state index in [1.54, 1.807) is 0 Å². The molecule has 0 aromatic heterocycles. The molecule has 3 heteroatoms. The van der Waals surface area contributed by atoms with E-state index in [0.717, 1.165) is 45.7 Å². The topological polar surface area (TPSA) is 29.5 Å². The smallest absolute Gasteiger partial charge is 0.130 e. The molecule has 3 nitrogen and oxygen atoms in total. The van der Waals surface area contributed by atoms with Crippen LogP contribution in [-0.2, 0) is 14.9 Å². The number of benzene rings is 2. The van der Waals surface area contributed by atoms with Crippen LogP contribution in [0.2, 0.25) is 0 Å². The second-order valence-electron chi connectivity index (χ2n) is 7.60. The second kappa shape index (κ2) is 8.11. The fourth-order valence-corrected chi connectivity index (χ4v) is 4.09. The molecule has 2 aromatic carbocycles. The van der Waals surface area contributed by atoms with Crippen LogP contribution in [-0.4, -0.2) is 44.0 Å². The number of rotatable bonds is 7. The highest BCUT2D eigenvalue weighted by molar-refractivity contribution is 5.90. The summed E-state index contributed by atoms with van der Waals surface area (Å²) in [6.07, 6.45) is 2.97. The molecule has 0 radical (unpaired) electrons. The molecule has 1 unspecified atom stereocenters. The number of hydrogen-bond acceptors (Lipinski definition) is 3. The zero-order chi connectivity index (χ0) is 17.7. The van der Waals surface area contributed by atoms with Crippen LogP contribution >= 0.6 is 0 Å². The molecular formula is C22H29NO2. The van der Waals surface area contributed by atoms with Gasteiger partial charge in [-0.3, -0.25) is 4.90 Å². The van der Waals surface area contributed by atoms with Gasteiger partial charge in [0.2, 0.25) is 0 Å². The number of nitrogens with zero attached hydrogens (tertiary/aromatic N) is 1. The van der Waals surface area contributed by atoms with E-state index in [4.69, 9.17) is 4.74 Å². The van der Waals surface area contributed by atoms with Gasteiger partial charge in [0.1, 0.15) is 6.29 Å². The van der Waals surface area contributed by atoms with Crippen molar-refractivity contribution in [2.24, 2.45) is 5.92 Å². The van der Waals surface area contributed by atoms with Gasteiger partial charge in [0.05, 0.1) is 18.6 Å². The largest absolute Gasteiger partial charge is 0.379 e. The molecule has 0 saturated carbocycles. The van der Waals surface area contributed by atoms with E-state index in [0.29, 0.717) is 5.92 Å². The lowest BCUT2D eigenvalue weighted by molar-refractivity contribution is -0.113. The van der Waals surface area contributed by atoms with Crippen molar-refractivity contribution in [1.29, 1.82) is 0 Å². The Bertz CT molecular complexity index is 701. The molecule has 0 N–H and O–H groups in total. The first-order chi connectivity index (χ1) is 12.1. The lowest BCUT2D eigenvalue weighted by Crippen LogP contribution is -2.41. The Kier molecular flexibility index (Phi) is 5.87. The van der Waals surface area contributed by atoms with Crippen LogP contribution in [0.1, 0.15) is 32.3 Å². The molecule has 0 amide bonds. The second-order valence-corrected chi connectivity index (χ2v) is 7.60. The molecule has 0 bridgehead atoms. The molecule has 1 saturated heterocycles. The third kappa shape index (κ3) is 4.10. The van der Waals surface area contributed by atoms with Crippen LogP contribution in [0.4, 0.5) is 0 Å². The van der Waals surface area contributed by atoms with Gasteiger partial charge in [0.25, 0.3) is 0 Å². The fraction of sp³-hybridized carbons (Fsp3) is 0.500. The van der Waals surface area contributed by atoms with Gasteiger partial charge in [-0.25, -0.2) is 0 Å². The Morgan fingerprint density at radius 3 is 2.56 bits per heavy atom. The van der Waals surface area contributed by atoms with Crippen molar-refractivity contribution in [3.8, 4) is 0 Å². The van der Waals surface area contributed by atoms with E-state index in [2.05, 4.69) is 61.2 Å².